The van der Waals surface area contributed by atoms with Crippen LogP contribution in [0.5, 0.6) is 0 Å². The first-order valence-corrected chi connectivity index (χ1v) is 10.9. The number of rotatable bonds is 9. The van der Waals surface area contributed by atoms with Crippen molar-refractivity contribution in [2.45, 2.75) is 79.1 Å². The monoisotopic (exact) mass is 406 g/mol. The molecule has 5 nitrogen and oxygen atoms in total. The molecule has 0 unspecified atom stereocenters. The Balaban J connectivity index is 2.18. The Morgan fingerprint density at radius 3 is 2.62 bits per heavy atom. The van der Waals surface area contributed by atoms with Gasteiger partial charge in [-0.15, -0.1) is 0 Å². The van der Waals surface area contributed by atoms with Crippen LogP contribution in [0.3, 0.4) is 0 Å². The van der Waals surface area contributed by atoms with E-state index in [1.54, 1.807) is 0 Å². The van der Waals surface area contributed by atoms with Crippen molar-refractivity contribution in [3.8, 4) is 0 Å². The Bertz CT molecular complexity index is 664. The maximum Gasteiger partial charge on any atom is 0.306 e. The average Bonchev–Trinajstić information content (AvgIpc) is 2.66. The number of carbonyl (C=O) groups excluding carboxylic acids is 1. The minimum Gasteiger partial charge on any atom is -0.481 e. The van der Waals surface area contributed by atoms with Crippen molar-refractivity contribution < 1.29 is 24.5 Å². The van der Waals surface area contributed by atoms with Crippen molar-refractivity contribution in [3.63, 3.8) is 0 Å². The lowest BCUT2D eigenvalue weighted by molar-refractivity contribution is -0.153. The molecule has 0 aliphatic heterocycles. The van der Waals surface area contributed by atoms with Gasteiger partial charge in [-0.05, 0) is 75.0 Å². The van der Waals surface area contributed by atoms with E-state index in [-0.39, 0.29) is 36.2 Å². The Morgan fingerprint density at radius 2 is 1.97 bits per heavy atom. The standard InChI is InChI=1S/C24H38O5/c1-17(12-15-25)10-13-24(4)19(16-29-22(28)9-8-21(26)27)11-14-23(3)18(2)6-5-7-20(23)24/h6,12,19-20,25H,5,7-11,13-16H2,1-4H3,(H,26,27)/b17-12+/t19-,20-,23-,24-/m0/s1. The van der Waals surface area contributed by atoms with Gasteiger partial charge in [0.15, 0.2) is 0 Å². The predicted octanol–water partition coefficient (Wildman–Crippen LogP) is 4.89. The third-order valence-corrected chi connectivity index (χ3v) is 7.80. The van der Waals surface area contributed by atoms with Gasteiger partial charge in [0.05, 0.1) is 26.1 Å². The van der Waals surface area contributed by atoms with Crippen molar-refractivity contribution >= 4 is 11.9 Å². The van der Waals surface area contributed by atoms with Gasteiger partial charge in [0.25, 0.3) is 0 Å². The molecule has 2 rings (SSSR count). The summed E-state index contributed by atoms with van der Waals surface area (Å²) in [6, 6.07) is 0. The third-order valence-electron chi connectivity index (χ3n) is 7.80. The summed E-state index contributed by atoms with van der Waals surface area (Å²) in [7, 11) is 0. The van der Waals surface area contributed by atoms with Crippen LogP contribution in [-0.2, 0) is 14.3 Å². The number of hydrogen-bond acceptors (Lipinski definition) is 4. The smallest absolute Gasteiger partial charge is 0.306 e. The number of carboxylic acids is 1. The zero-order valence-corrected chi connectivity index (χ0v) is 18.5. The fraction of sp³-hybridized carbons (Fsp3) is 0.750. The summed E-state index contributed by atoms with van der Waals surface area (Å²) in [6.45, 7) is 9.51. The predicted molar refractivity (Wildman–Crippen MR) is 113 cm³/mol. The molecule has 0 aromatic heterocycles. The average molecular weight is 407 g/mol. The summed E-state index contributed by atoms with van der Waals surface area (Å²) in [5, 5.41) is 18.0. The zero-order chi connectivity index (χ0) is 21.7. The summed E-state index contributed by atoms with van der Waals surface area (Å²) < 4.78 is 5.55. The number of esters is 1. The number of aliphatic hydroxyl groups is 1. The van der Waals surface area contributed by atoms with Gasteiger partial charge in [-0.1, -0.05) is 37.1 Å². The summed E-state index contributed by atoms with van der Waals surface area (Å²) in [5.74, 6) is -0.601. The molecular weight excluding hydrogens is 368 g/mol. The van der Waals surface area contributed by atoms with Crippen LogP contribution in [0.4, 0.5) is 0 Å². The molecule has 1 fully saturated rings. The lowest BCUT2D eigenvalue weighted by Crippen LogP contribution is -2.51. The number of carboxylic acid groups (broad SMARTS) is 1. The quantitative estimate of drug-likeness (QED) is 0.421. The van der Waals surface area contributed by atoms with Crippen LogP contribution in [-0.4, -0.2) is 35.4 Å². The molecule has 0 aromatic rings. The zero-order valence-electron chi connectivity index (χ0n) is 18.5. The molecule has 0 amide bonds. The number of aliphatic hydroxyl groups excluding tert-OH is 1. The van der Waals surface area contributed by atoms with Crippen molar-refractivity contribution in [2.75, 3.05) is 13.2 Å². The SMILES string of the molecule is CC1=CCC[C@@H]2[C@@](C)(CC/C(C)=C/CO)[C@H](COC(=O)CCC(=O)O)CC[C@@]12C. The van der Waals surface area contributed by atoms with E-state index in [1.165, 1.54) is 11.1 Å². The van der Waals surface area contributed by atoms with Crippen LogP contribution in [0.15, 0.2) is 23.3 Å². The summed E-state index contributed by atoms with van der Waals surface area (Å²) in [5.41, 5.74) is 2.90. The molecule has 0 aromatic carbocycles. The maximum absolute atomic E-state index is 12.0. The van der Waals surface area contributed by atoms with Gasteiger partial charge in [0.2, 0.25) is 0 Å². The van der Waals surface area contributed by atoms with E-state index >= 15 is 0 Å². The molecule has 164 valence electrons. The number of hydrogen-bond donors (Lipinski definition) is 2. The van der Waals surface area contributed by atoms with Crippen molar-refractivity contribution in [2.24, 2.45) is 22.7 Å². The Hall–Kier alpha value is -1.62. The van der Waals surface area contributed by atoms with E-state index in [1.807, 2.05) is 6.08 Å². The number of aliphatic carboxylic acids is 1. The van der Waals surface area contributed by atoms with E-state index < -0.39 is 11.9 Å². The van der Waals surface area contributed by atoms with Gasteiger partial charge in [0, 0.05) is 0 Å². The third kappa shape index (κ3) is 5.50. The largest absolute Gasteiger partial charge is 0.481 e. The van der Waals surface area contributed by atoms with E-state index in [0.717, 1.165) is 38.5 Å². The Kier molecular flexibility index (Phi) is 8.10. The van der Waals surface area contributed by atoms with Gasteiger partial charge < -0.3 is 14.9 Å². The molecule has 29 heavy (non-hydrogen) atoms. The van der Waals surface area contributed by atoms with Crippen LogP contribution in [0.25, 0.3) is 0 Å². The molecule has 0 heterocycles. The first kappa shape index (κ1) is 23.7. The number of carbonyl (C=O) groups is 2. The molecule has 0 bridgehead atoms. The minimum absolute atomic E-state index is 0.0279. The lowest BCUT2D eigenvalue weighted by atomic mass is 9.46. The Morgan fingerprint density at radius 1 is 1.24 bits per heavy atom. The number of ether oxygens (including phenoxy) is 1. The van der Waals surface area contributed by atoms with Gasteiger partial charge in [-0.2, -0.15) is 0 Å². The molecule has 0 saturated heterocycles. The molecule has 4 atom stereocenters. The number of allylic oxidation sites excluding steroid dienone is 3. The normalized spacial score (nSPS) is 32.3. The molecule has 0 radical (unpaired) electrons. The molecule has 0 spiro atoms. The fourth-order valence-electron chi connectivity index (χ4n) is 5.66. The van der Waals surface area contributed by atoms with E-state index in [2.05, 4.69) is 33.8 Å². The topological polar surface area (TPSA) is 83.8 Å². The van der Waals surface area contributed by atoms with Crippen LogP contribution in [0.2, 0.25) is 0 Å². The second-order valence-electron chi connectivity index (χ2n) is 9.49. The highest BCUT2D eigenvalue weighted by Gasteiger charge is 2.54. The van der Waals surface area contributed by atoms with Gasteiger partial charge in [0.1, 0.15) is 0 Å². The van der Waals surface area contributed by atoms with E-state index in [0.29, 0.717) is 12.5 Å². The highest BCUT2D eigenvalue weighted by atomic mass is 16.5. The van der Waals surface area contributed by atoms with Crippen LogP contribution in [0.1, 0.15) is 79.1 Å². The maximum atomic E-state index is 12.0. The van der Waals surface area contributed by atoms with Gasteiger partial charge >= 0.3 is 11.9 Å². The van der Waals surface area contributed by atoms with Crippen LogP contribution >= 0.6 is 0 Å². The second kappa shape index (κ2) is 9.92. The van der Waals surface area contributed by atoms with E-state index in [9.17, 15) is 14.7 Å². The van der Waals surface area contributed by atoms with Gasteiger partial charge in [-0.3, -0.25) is 9.59 Å². The van der Waals surface area contributed by atoms with Crippen LogP contribution < -0.4 is 0 Å². The van der Waals surface area contributed by atoms with E-state index in [4.69, 9.17) is 9.84 Å². The van der Waals surface area contributed by atoms with Crippen molar-refractivity contribution in [3.05, 3.63) is 23.3 Å². The molecule has 5 heteroatoms. The first-order chi connectivity index (χ1) is 13.6. The fourth-order valence-corrected chi connectivity index (χ4v) is 5.66. The second-order valence-corrected chi connectivity index (χ2v) is 9.49. The molecule has 2 N–H and O–H groups in total. The highest BCUT2D eigenvalue weighted by Crippen LogP contribution is 2.62. The first-order valence-electron chi connectivity index (χ1n) is 10.9. The molecular formula is C24H38O5. The lowest BCUT2D eigenvalue weighted by Gasteiger charge is -2.58. The molecule has 1 saturated carbocycles. The van der Waals surface area contributed by atoms with Gasteiger partial charge in [-0.25, -0.2) is 0 Å². The molecule has 2 aliphatic rings. The number of fused-ring (bicyclic) bond motifs is 1. The Labute approximate surface area is 175 Å². The summed E-state index contributed by atoms with van der Waals surface area (Å²) >= 11 is 0. The minimum atomic E-state index is -0.976. The van der Waals surface area contributed by atoms with Crippen LogP contribution in [0, 0.1) is 22.7 Å². The van der Waals surface area contributed by atoms with Crippen molar-refractivity contribution in [1.82, 2.24) is 0 Å². The van der Waals surface area contributed by atoms with Crippen molar-refractivity contribution in [1.29, 1.82) is 0 Å². The molecule has 2 aliphatic carbocycles. The highest BCUT2D eigenvalue weighted by molar-refractivity contribution is 5.76. The summed E-state index contributed by atoms with van der Waals surface area (Å²) in [6.07, 6.45) is 10.3. The summed E-state index contributed by atoms with van der Waals surface area (Å²) in [4.78, 5) is 22.7.